The van der Waals surface area contributed by atoms with Gasteiger partial charge in [-0.25, -0.2) is 0 Å². The molecular formula is C16H27NO3. The lowest BCUT2D eigenvalue weighted by Gasteiger charge is -2.17. The van der Waals surface area contributed by atoms with Crippen LogP contribution >= 0.6 is 0 Å². The van der Waals surface area contributed by atoms with Gasteiger partial charge in [-0.2, -0.15) is 0 Å². The zero-order chi connectivity index (χ0) is 14.6. The Hall–Kier alpha value is -0.940. The smallest absolute Gasteiger partial charge is 0.0701 e. The minimum absolute atomic E-state index is 0.366. The number of hydrogen-bond acceptors (Lipinski definition) is 4. The molecule has 1 aromatic rings. The third kappa shape index (κ3) is 6.48. The highest BCUT2D eigenvalue weighted by Gasteiger charge is 2.11. The summed E-state index contributed by atoms with van der Waals surface area (Å²) in [5.41, 5.74) is 8.50. The normalized spacial score (nSPS) is 12.6. The Morgan fingerprint density at radius 1 is 1.00 bits per heavy atom. The Balaban J connectivity index is 2.18. The van der Waals surface area contributed by atoms with E-state index in [-0.39, 0.29) is 0 Å². The minimum atomic E-state index is 0.366. The fourth-order valence-corrected chi connectivity index (χ4v) is 2.13. The Morgan fingerprint density at radius 3 is 2.30 bits per heavy atom. The van der Waals surface area contributed by atoms with Crippen molar-refractivity contribution in [1.82, 2.24) is 0 Å². The number of aryl methyl sites for hydroxylation is 1. The van der Waals surface area contributed by atoms with E-state index in [2.05, 4.69) is 31.2 Å². The lowest BCUT2D eigenvalue weighted by atomic mass is 9.92. The van der Waals surface area contributed by atoms with Crippen LogP contribution in [0, 0.1) is 6.92 Å². The zero-order valence-corrected chi connectivity index (χ0v) is 12.6. The maximum atomic E-state index is 5.88. The number of ether oxygens (including phenoxy) is 3. The van der Waals surface area contributed by atoms with E-state index in [4.69, 9.17) is 19.9 Å². The topological polar surface area (TPSA) is 53.7 Å². The van der Waals surface area contributed by atoms with Crippen molar-refractivity contribution < 1.29 is 14.2 Å². The van der Waals surface area contributed by atoms with Gasteiger partial charge >= 0.3 is 0 Å². The second-order valence-electron chi connectivity index (χ2n) is 4.80. The summed E-state index contributed by atoms with van der Waals surface area (Å²) in [5, 5.41) is 0. The number of rotatable bonds is 11. The molecule has 1 unspecified atom stereocenters. The quantitative estimate of drug-likeness (QED) is 0.631. The largest absolute Gasteiger partial charge is 0.382 e. The highest BCUT2D eigenvalue weighted by Crippen LogP contribution is 2.21. The van der Waals surface area contributed by atoms with Crippen LogP contribution in [0.2, 0.25) is 0 Å². The maximum Gasteiger partial charge on any atom is 0.0701 e. The summed E-state index contributed by atoms with van der Waals surface area (Å²) in [5.74, 6) is 0.366. The molecule has 0 aliphatic carbocycles. The Labute approximate surface area is 122 Å². The van der Waals surface area contributed by atoms with Gasteiger partial charge in [0.1, 0.15) is 0 Å². The number of hydrogen-bond donors (Lipinski definition) is 1. The van der Waals surface area contributed by atoms with E-state index in [0.29, 0.717) is 45.5 Å². The minimum Gasteiger partial charge on any atom is -0.382 e. The van der Waals surface area contributed by atoms with E-state index >= 15 is 0 Å². The van der Waals surface area contributed by atoms with Crippen molar-refractivity contribution in [3.8, 4) is 0 Å². The summed E-state index contributed by atoms with van der Waals surface area (Å²) in [6, 6.07) is 8.40. The first-order valence-corrected chi connectivity index (χ1v) is 7.19. The molecule has 1 rings (SSSR count). The monoisotopic (exact) mass is 281 g/mol. The van der Waals surface area contributed by atoms with E-state index in [0.717, 1.165) is 6.42 Å². The molecule has 4 heteroatoms. The van der Waals surface area contributed by atoms with E-state index in [1.807, 2.05) is 0 Å². The van der Waals surface area contributed by atoms with Gasteiger partial charge in [-0.05, 0) is 36.9 Å². The van der Waals surface area contributed by atoms with Crippen LogP contribution in [-0.2, 0) is 14.2 Å². The molecule has 1 atom stereocenters. The van der Waals surface area contributed by atoms with Crippen LogP contribution in [0.4, 0.5) is 0 Å². The molecule has 0 bridgehead atoms. The summed E-state index contributed by atoms with van der Waals surface area (Å²) in [7, 11) is 1.67. The lowest BCUT2D eigenvalue weighted by Crippen LogP contribution is -2.16. The van der Waals surface area contributed by atoms with Gasteiger partial charge in [0.15, 0.2) is 0 Å². The number of nitrogens with two attached hydrogens (primary N) is 1. The molecule has 4 nitrogen and oxygen atoms in total. The molecule has 1 aromatic carbocycles. The Bertz CT molecular complexity index is 357. The van der Waals surface area contributed by atoms with Gasteiger partial charge in [-0.15, -0.1) is 0 Å². The third-order valence-corrected chi connectivity index (χ3v) is 3.33. The molecule has 0 aliphatic rings. The van der Waals surface area contributed by atoms with E-state index in [1.54, 1.807) is 7.11 Å². The van der Waals surface area contributed by atoms with Crippen molar-refractivity contribution in [2.45, 2.75) is 19.3 Å². The molecular weight excluding hydrogens is 254 g/mol. The molecule has 2 N–H and O–H groups in total. The summed E-state index contributed by atoms with van der Waals surface area (Å²) in [6.45, 7) is 5.97. The van der Waals surface area contributed by atoms with Crippen LogP contribution in [0.15, 0.2) is 24.3 Å². The summed E-state index contributed by atoms with van der Waals surface area (Å²) in [6.07, 6.45) is 0.944. The molecule has 0 aliphatic heterocycles. The molecule has 0 fully saturated rings. The maximum absolute atomic E-state index is 5.88. The molecule has 0 saturated carbocycles. The van der Waals surface area contributed by atoms with Crippen LogP contribution in [-0.4, -0.2) is 46.7 Å². The molecule has 0 aromatic heterocycles. The second kappa shape index (κ2) is 10.8. The molecule has 0 radical (unpaired) electrons. The fraction of sp³-hybridized carbons (Fsp3) is 0.625. The van der Waals surface area contributed by atoms with Gasteiger partial charge in [0.25, 0.3) is 0 Å². The van der Waals surface area contributed by atoms with Gasteiger partial charge in [-0.1, -0.05) is 24.3 Å². The van der Waals surface area contributed by atoms with Crippen molar-refractivity contribution in [2.24, 2.45) is 5.73 Å². The van der Waals surface area contributed by atoms with E-state index in [9.17, 15) is 0 Å². The first kappa shape index (κ1) is 17.1. The predicted molar refractivity (Wildman–Crippen MR) is 81.1 cm³/mol. The molecule has 114 valence electrons. The number of methoxy groups -OCH3 is 1. The van der Waals surface area contributed by atoms with Gasteiger partial charge < -0.3 is 19.9 Å². The van der Waals surface area contributed by atoms with Gasteiger partial charge in [0.05, 0.1) is 26.4 Å². The van der Waals surface area contributed by atoms with Crippen LogP contribution in [0.3, 0.4) is 0 Å². The highest BCUT2D eigenvalue weighted by molar-refractivity contribution is 5.29. The molecule has 0 saturated heterocycles. The molecule has 0 amide bonds. The average molecular weight is 281 g/mol. The summed E-state index contributed by atoms with van der Waals surface area (Å²) >= 11 is 0. The molecule has 0 spiro atoms. The first-order chi connectivity index (χ1) is 9.79. The average Bonchev–Trinajstić information content (AvgIpc) is 2.47. The Morgan fingerprint density at radius 2 is 1.65 bits per heavy atom. The highest BCUT2D eigenvalue weighted by atomic mass is 16.5. The fourth-order valence-electron chi connectivity index (χ4n) is 2.13. The van der Waals surface area contributed by atoms with Crippen molar-refractivity contribution in [3.63, 3.8) is 0 Å². The van der Waals surface area contributed by atoms with Gasteiger partial charge in [0.2, 0.25) is 0 Å². The SMILES string of the molecule is COCCOCCOCCC(CN)c1ccccc1C. The van der Waals surface area contributed by atoms with Gasteiger partial charge in [0, 0.05) is 13.7 Å². The van der Waals surface area contributed by atoms with E-state index in [1.165, 1.54) is 11.1 Å². The number of benzene rings is 1. The van der Waals surface area contributed by atoms with Crippen molar-refractivity contribution in [1.29, 1.82) is 0 Å². The zero-order valence-electron chi connectivity index (χ0n) is 12.6. The molecule has 20 heavy (non-hydrogen) atoms. The van der Waals surface area contributed by atoms with Crippen LogP contribution < -0.4 is 5.73 Å². The predicted octanol–water partition coefficient (Wildman–Crippen LogP) is 2.11. The van der Waals surface area contributed by atoms with Gasteiger partial charge in [-0.3, -0.25) is 0 Å². The lowest BCUT2D eigenvalue weighted by molar-refractivity contribution is 0.0234. The Kier molecular flexibility index (Phi) is 9.24. The molecule has 0 heterocycles. The van der Waals surface area contributed by atoms with Crippen LogP contribution in [0.1, 0.15) is 23.5 Å². The van der Waals surface area contributed by atoms with E-state index < -0.39 is 0 Å². The second-order valence-corrected chi connectivity index (χ2v) is 4.80. The summed E-state index contributed by atoms with van der Waals surface area (Å²) in [4.78, 5) is 0. The third-order valence-electron chi connectivity index (χ3n) is 3.33. The first-order valence-electron chi connectivity index (χ1n) is 7.19. The van der Waals surface area contributed by atoms with Crippen molar-refractivity contribution in [2.75, 3.05) is 46.7 Å². The van der Waals surface area contributed by atoms with Crippen LogP contribution in [0.5, 0.6) is 0 Å². The standard InChI is InChI=1S/C16H27NO3/c1-14-5-3-4-6-16(14)15(13-17)7-8-19-11-12-20-10-9-18-2/h3-6,15H,7-13,17H2,1-2H3. The van der Waals surface area contributed by atoms with Crippen LogP contribution in [0.25, 0.3) is 0 Å². The van der Waals surface area contributed by atoms with Crippen molar-refractivity contribution >= 4 is 0 Å². The van der Waals surface area contributed by atoms with Crippen molar-refractivity contribution in [3.05, 3.63) is 35.4 Å². The summed E-state index contributed by atoms with van der Waals surface area (Å²) < 4.78 is 15.8.